The second kappa shape index (κ2) is 8.15. The van der Waals surface area contributed by atoms with Gasteiger partial charge in [0.1, 0.15) is 5.84 Å². The van der Waals surface area contributed by atoms with E-state index in [1.807, 2.05) is 13.0 Å². The van der Waals surface area contributed by atoms with Gasteiger partial charge in [-0.1, -0.05) is 48.5 Å². The highest BCUT2D eigenvalue weighted by Crippen LogP contribution is 2.30. The van der Waals surface area contributed by atoms with Crippen molar-refractivity contribution in [3.05, 3.63) is 89.6 Å². The van der Waals surface area contributed by atoms with Crippen LogP contribution in [-0.4, -0.2) is 40.8 Å². The fraction of sp³-hybridized carbons (Fsp3) is 0.214. The van der Waals surface area contributed by atoms with Crippen molar-refractivity contribution in [2.24, 2.45) is 15.7 Å². The molecule has 4 aromatic rings. The van der Waals surface area contributed by atoms with Gasteiger partial charge in [0.05, 0.1) is 11.9 Å². The van der Waals surface area contributed by atoms with Crippen LogP contribution in [0.5, 0.6) is 0 Å². The van der Waals surface area contributed by atoms with Gasteiger partial charge in [0, 0.05) is 35.3 Å². The van der Waals surface area contributed by atoms with E-state index in [1.54, 1.807) is 0 Å². The summed E-state index contributed by atoms with van der Waals surface area (Å²) >= 11 is 0. The second-order valence-electron chi connectivity index (χ2n) is 9.32. The molecule has 6 rings (SSSR count). The Balaban J connectivity index is 1.23. The van der Waals surface area contributed by atoms with Gasteiger partial charge in [0.2, 0.25) is 0 Å². The number of benzene rings is 3. The molecule has 0 radical (unpaired) electrons. The minimum atomic E-state index is -0.190. The molecule has 6 nitrogen and oxygen atoms in total. The van der Waals surface area contributed by atoms with Crippen LogP contribution in [0.15, 0.2) is 82.8 Å². The van der Waals surface area contributed by atoms with Crippen LogP contribution in [0.25, 0.3) is 27.2 Å². The summed E-state index contributed by atoms with van der Waals surface area (Å²) in [6.07, 6.45) is 1.76. The van der Waals surface area contributed by atoms with Crippen LogP contribution in [0.1, 0.15) is 23.7 Å². The molecule has 34 heavy (non-hydrogen) atoms. The number of hydrogen-bond acceptors (Lipinski definition) is 5. The molecule has 0 amide bonds. The van der Waals surface area contributed by atoms with E-state index in [9.17, 15) is 0 Å². The molecule has 2 unspecified atom stereocenters. The number of H-pyrrole nitrogens is 1. The molecule has 3 aromatic carbocycles. The van der Waals surface area contributed by atoms with Crippen LogP contribution in [0.4, 0.5) is 0 Å². The maximum absolute atomic E-state index is 6.09. The zero-order valence-electron chi connectivity index (χ0n) is 19.4. The Bertz CT molecular complexity index is 1490. The summed E-state index contributed by atoms with van der Waals surface area (Å²) in [5.41, 5.74) is 12.0. The predicted octanol–water partition coefficient (Wildman–Crippen LogP) is 4.42. The number of nitrogens with zero attached hydrogens (tertiary/aromatic N) is 3. The number of nitrogens with two attached hydrogens (primary N) is 1. The van der Waals surface area contributed by atoms with Gasteiger partial charge >= 0.3 is 0 Å². The highest BCUT2D eigenvalue weighted by Gasteiger charge is 2.33. The minimum absolute atomic E-state index is 0.0201. The largest absolute Gasteiger partial charge is 0.384 e. The normalized spacial score (nSPS) is 19.7. The zero-order valence-corrected chi connectivity index (χ0v) is 19.4. The summed E-state index contributed by atoms with van der Waals surface area (Å²) < 4.78 is 0. The Hall–Kier alpha value is -3.90. The number of dihydropyridines is 1. The monoisotopic (exact) mass is 448 g/mol. The minimum Gasteiger partial charge on any atom is -0.384 e. The average Bonchev–Trinajstić information content (AvgIpc) is 3.41. The lowest BCUT2D eigenvalue weighted by molar-refractivity contribution is 0.320. The predicted molar refractivity (Wildman–Crippen MR) is 141 cm³/mol. The number of nitrogens with one attached hydrogen (secondary N) is 2. The van der Waals surface area contributed by atoms with E-state index in [-0.39, 0.29) is 12.2 Å². The first-order valence-electron chi connectivity index (χ1n) is 11.7. The SMILES string of the molecule is CC1=NC2N=C(N)C=C(c3cc4cc(CN(C)Cc5cccc6ccccc56)ccc4[nH]3)C2N1. The van der Waals surface area contributed by atoms with Crippen LogP contribution in [0.2, 0.25) is 0 Å². The van der Waals surface area contributed by atoms with Crippen LogP contribution in [-0.2, 0) is 13.1 Å². The fourth-order valence-corrected chi connectivity index (χ4v) is 5.16. The van der Waals surface area contributed by atoms with Crippen molar-refractivity contribution in [3.63, 3.8) is 0 Å². The molecular weight excluding hydrogens is 420 g/mol. The van der Waals surface area contributed by atoms with Crippen LogP contribution < -0.4 is 11.1 Å². The Morgan fingerprint density at radius 3 is 2.71 bits per heavy atom. The van der Waals surface area contributed by atoms with Gasteiger partial charge in [-0.2, -0.15) is 0 Å². The lowest BCUT2D eigenvalue weighted by Crippen LogP contribution is -2.38. The van der Waals surface area contributed by atoms with E-state index >= 15 is 0 Å². The lowest BCUT2D eigenvalue weighted by atomic mass is 9.99. The third kappa shape index (κ3) is 3.76. The smallest absolute Gasteiger partial charge is 0.168 e. The third-order valence-electron chi connectivity index (χ3n) is 6.68. The Kier molecular flexibility index (Phi) is 4.96. The molecule has 3 heterocycles. The van der Waals surface area contributed by atoms with E-state index < -0.39 is 0 Å². The first-order valence-corrected chi connectivity index (χ1v) is 11.7. The molecule has 0 bridgehead atoms. The van der Waals surface area contributed by atoms with Crippen molar-refractivity contribution in [1.29, 1.82) is 0 Å². The number of aromatic amines is 1. The molecule has 2 aliphatic rings. The van der Waals surface area contributed by atoms with Crippen molar-refractivity contribution < 1.29 is 0 Å². The Labute approximate surface area is 198 Å². The fourth-order valence-electron chi connectivity index (χ4n) is 5.16. The first-order chi connectivity index (χ1) is 16.5. The van der Waals surface area contributed by atoms with Gasteiger partial charge in [-0.25, -0.2) is 9.98 Å². The van der Waals surface area contributed by atoms with Crippen molar-refractivity contribution in [3.8, 4) is 0 Å². The quantitative estimate of drug-likeness (QED) is 0.423. The van der Waals surface area contributed by atoms with E-state index in [0.717, 1.165) is 35.7 Å². The molecule has 6 heteroatoms. The van der Waals surface area contributed by atoms with Gasteiger partial charge in [-0.3, -0.25) is 4.90 Å². The molecule has 0 saturated carbocycles. The van der Waals surface area contributed by atoms with Gasteiger partial charge in [-0.15, -0.1) is 0 Å². The summed E-state index contributed by atoms with van der Waals surface area (Å²) in [6, 6.07) is 24.0. The number of amidine groups is 2. The number of aromatic nitrogens is 1. The maximum Gasteiger partial charge on any atom is 0.168 e. The number of fused-ring (bicyclic) bond motifs is 3. The summed E-state index contributed by atoms with van der Waals surface area (Å²) in [5.74, 6) is 1.41. The highest BCUT2D eigenvalue weighted by atomic mass is 15.2. The molecule has 170 valence electrons. The van der Waals surface area contributed by atoms with E-state index in [1.165, 1.54) is 27.3 Å². The molecule has 1 aromatic heterocycles. The number of aliphatic imine (C=N–C) groups is 2. The average molecular weight is 449 g/mol. The molecule has 0 aliphatic carbocycles. The van der Waals surface area contributed by atoms with Crippen LogP contribution >= 0.6 is 0 Å². The number of rotatable bonds is 5. The molecular formula is C28H28N6. The summed E-state index contributed by atoms with van der Waals surface area (Å²) in [5, 5.41) is 7.24. The van der Waals surface area contributed by atoms with Crippen molar-refractivity contribution in [2.45, 2.75) is 32.2 Å². The highest BCUT2D eigenvalue weighted by molar-refractivity contribution is 6.03. The first kappa shape index (κ1) is 20.7. The molecule has 2 aliphatic heterocycles. The van der Waals surface area contributed by atoms with Crippen LogP contribution in [0, 0.1) is 0 Å². The lowest BCUT2D eigenvalue weighted by Gasteiger charge is -2.22. The molecule has 0 saturated heterocycles. The second-order valence-corrected chi connectivity index (χ2v) is 9.32. The van der Waals surface area contributed by atoms with Gasteiger partial charge in [-0.05, 0) is 60.1 Å². The topological polar surface area (TPSA) is 81.8 Å². The van der Waals surface area contributed by atoms with E-state index in [2.05, 4.69) is 99.0 Å². The van der Waals surface area contributed by atoms with E-state index in [4.69, 9.17) is 5.73 Å². The molecule has 0 spiro atoms. The standard InChI is InChI=1S/C28H28N6/c1-17-30-27-23(14-26(29)33-28(27)31-17)25-13-21-12-18(10-11-24(21)32-25)15-34(2)16-20-8-5-7-19-6-3-4-9-22(19)20/h3-14,27-28,32H,15-16H2,1-2H3,(H2,29,33)(H,30,31). The Morgan fingerprint density at radius 2 is 1.79 bits per heavy atom. The summed E-state index contributed by atoms with van der Waals surface area (Å²) in [6.45, 7) is 3.74. The van der Waals surface area contributed by atoms with Crippen molar-refractivity contribution in [2.75, 3.05) is 7.05 Å². The zero-order chi connectivity index (χ0) is 23.2. The van der Waals surface area contributed by atoms with Crippen molar-refractivity contribution in [1.82, 2.24) is 15.2 Å². The maximum atomic E-state index is 6.09. The van der Waals surface area contributed by atoms with E-state index in [0.29, 0.717) is 5.84 Å². The van der Waals surface area contributed by atoms with Gasteiger partial charge in [0.25, 0.3) is 0 Å². The van der Waals surface area contributed by atoms with Gasteiger partial charge < -0.3 is 16.0 Å². The van der Waals surface area contributed by atoms with Crippen LogP contribution in [0.3, 0.4) is 0 Å². The van der Waals surface area contributed by atoms with Gasteiger partial charge in [0.15, 0.2) is 6.17 Å². The summed E-state index contributed by atoms with van der Waals surface area (Å²) in [4.78, 5) is 15.0. The summed E-state index contributed by atoms with van der Waals surface area (Å²) in [7, 11) is 2.18. The third-order valence-corrected chi connectivity index (χ3v) is 6.68. The number of hydrogen-bond donors (Lipinski definition) is 3. The molecule has 0 fully saturated rings. The van der Waals surface area contributed by atoms with Crippen molar-refractivity contribution >= 4 is 38.9 Å². The Morgan fingerprint density at radius 1 is 0.941 bits per heavy atom. The molecule has 4 N–H and O–H groups in total. The molecule has 2 atom stereocenters.